The third-order valence-corrected chi connectivity index (χ3v) is 2.48. The number of ether oxygens (including phenoxy) is 1. The zero-order chi connectivity index (χ0) is 14.3. The topological polar surface area (TPSA) is 75.6 Å². The van der Waals surface area contributed by atoms with Crippen LogP contribution >= 0.6 is 0 Å². The summed E-state index contributed by atoms with van der Waals surface area (Å²) in [5, 5.41) is 11.0. The van der Waals surface area contributed by atoms with Crippen molar-refractivity contribution in [1.82, 2.24) is 0 Å². The quantitative estimate of drug-likeness (QED) is 0.745. The number of amides is 1. The molecule has 0 fully saturated rings. The number of aliphatic carboxylic acids is 1. The summed E-state index contributed by atoms with van der Waals surface area (Å²) in [5.41, 5.74) is 0.446. The number of carbonyl (C=O) groups is 2. The molecular formula is C13H16FNO4. The van der Waals surface area contributed by atoms with E-state index < -0.39 is 11.8 Å². The van der Waals surface area contributed by atoms with E-state index in [1.807, 2.05) is 0 Å². The number of benzene rings is 1. The van der Waals surface area contributed by atoms with Crippen LogP contribution in [0.5, 0.6) is 5.75 Å². The molecule has 0 aliphatic rings. The average molecular weight is 269 g/mol. The second-order valence-corrected chi connectivity index (χ2v) is 4.00. The van der Waals surface area contributed by atoms with E-state index in [0.29, 0.717) is 18.5 Å². The zero-order valence-corrected chi connectivity index (χ0v) is 10.6. The normalized spacial score (nSPS) is 10.0. The van der Waals surface area contributed by atoms with E-state index in [-0.39, 0.29) is 24.5 Å². The lowest BCUT2D eigenvalue weighted by molar-refractivity contribution is -0.137. The highest BCUT2D eigenvalue weighted by atomic mass is 19.1. The number of carbonyl (C=O) groups excluding carboxylic acids is 1. The van der Waals surface area contributed by atoms with E-state index in [9.17, 15) is 14.0 Å². The summed E-state index contributed by atoms with van der Waals surface area (Å²) < 4.78 is 17.9. The monoisotopic (exact) mass is 269 g/mol. The van der Waals surface area contributed by atoms with Crippen molar-refractivity contribution in [3.05, 3.63) is 24.0 Å². The molecule has 0 bridgehead atoms. The number of rotatable bonds is 7. The number of anilines is 1. The van der Waals surface area contributed by atoms with Gasteiger partial charge in [-0.05, 0) is 25.0 Å². The van der Waals surface area contributed by atoms with Crippen molar-refractivity contribution in [2.75, 3.05) is 12.4 Å². The second-order valence-electron chi connectivity index (χ2n) is 4.00. The zero-order valence-electron chi connectivity index (χ0n) is 10.6. The molecule has 2 N–H and O–H groups in total. The molecule has 19 heavy (non-hydrogen) atoms. The van der Waals surface area contributed by atoms with Crippen molar-refractivity contribution in [3.63, 3.8) is 0 Å². The van der Waals surface area contributed by atoms with Gasteiger partial charge in [0.05, 0.1) is 7.11 Å². The molecule has 5 nitrogen and oxygen atoms in total. The predicted octanol–water partition coefficient (Wildman–Crippen LogP) is 2.42. The van der Waals surface area contributed by atoms with Crippen LogP contribution in [0.2, 0.25) is 0 Å². The molecule has 0 unspecified atom stereocenters. The Bertz CT molecular complexity index is 462. The van der Waals surface area contributed by atoms with Crippen LogP contribution in [-0.2, 0) is 9.59 Å². The van der Waals surface area contributed by atoms with Crippen LogP contribution in [0.25, 0.3) is 0 Å². The molecule has 0 aliphatic heterocycles. The molecule has 1 aromatic rings. The van der Waals surface area contributed by atoms with Gasteiger partial charge in [0.25, 0.3) is 0 Å². The lowest BCUT2D eigenvalue weighted by Crippen LogP contribution is -2.11. The minimum absolute atomic E-state index is 0.0532. The maximum atomic E-state index is 13.1. The molecule has 0 spiro atoms. The van der Waals surface area contributed by atoms with E-state index in [1.54, 1.807) is 0 Å². The number of methoxy groups -OCH3 is 1. The molecule has 0 saturated carbocycles. The number of halogens is 1. The molecule has 104 valence electrons. The number of carboxylic acids is 1. The Labute approximate surface area is 110 Å². The van der Waals surface area contributed by atoms with E-state index in [4.69, 9.17) is 9.84 Å². The summed E-state index contributed by atoms with van der Waals surface area (Å²) >= 11 is 0. The minimum atomic E-state index is -0.872. The first-order chi connectivity index (χ1) is 9.02. The second kappa shape index (κ2) is 7.35. The first-order valence-corrected chi connectivity index (χ1v) is 5.88. The van der Waals surface area contributed by atoms with Crippen LogP contribution in [0.3, 0.4) is 0 Å². The van der Waals surface area contributed by atoms with Crippen LogP contribution in [0.4, 0.5) is 10.1 Å². The van der Waals surface area contributed by atoms with Crippen LogP contribution in [0.15, 0.2) is 18.2 Å². The van der Waals surface area contributed by atoms with Crippen molar-refractivity contribution < 1.29 is 23.8 Å². The summed E-state index contributed by atoms with van der Waals surface area (Å²) in [5.74, 6) is -1.55. The van der Waals surface area contributed by atoms with Crippen LogP contribution < -0.4 is 10.1 Å². The fourth-order valence-electron chi connectivity index (χ4n) is 1.52. The lowest BCUT2D eigenvalue weighted by atomic mass is 10.2. The van der Waals surface area contributed by atoms with Gasteiger partial charge in [-0.2, -0.15) is 0 Å². The molecule has 0 atom stereocenters. The van der Waals surface area contributed by atoms with Crippen molar-refractivity contribution in [2.45, 2.75) is 25.7 Å². The number of hydrogen-bond donors (Lipinski definition) is 2. The number of carboxylic acid groups (broad SMARTS) is 1. The molecule has 6 heteroatoms. The first kappa shape index (κ1) is 14.9. The van der Waals surface area contributed by atoms with Gasteiger partial charge in [0.1, 0.15) is 0 Å². The molecular weight excluding hydrogens is 253 g/mol. The van der Waals surface area contributed by atoms with Crippen LogP contribution in [-0.4, -0.2) is 24.1 Å². The fraction of sp³-hybridized carbons (Fsp3) is 0.385. The van der Waals surface area contributed by atoms with Crippen molar-refractivity contribution in [3.8, 4) is 5.75 Å². The van der Waals surface area contributed by atoms with Crippen LogP contribution in [0, 0.1) is 5.82 Å². The predicted molar refractivity (Wildman–Crippen MR) is 67.7 cm³/mol. The van der Waals surface area contributed by atoms with Gasteiger partial charge in [0, 0.05) is 24.6 Å². The molecule has 0 aromatic heterocycles. The highest BCUT2D eigenvalue weighted by molar-refractivity contribution is 5.90. The van der Waals surface area contributed by atoms with Gasteiger partial charge in [-0.1, -0.05) is 0 Å². The smallest absolute Gasteiger partial charge is 0.303 e. The van der Waals surface area contributed by atoms with E-state index >= 15 is 0 Å². The van der Waals surface area contributed by atoms with Crippen LogP contribution in [0.1, 0.15) is 25.7 Å². The van der Waals surface area contributed by atoms with Gasteiger partial charge in [0.15, 0.2) is 11.6 Å². The standard InChI is InChI=1S/C13H16FNO4/c1-19-11-8-9(6-7-10(11)14)15-12(16)4-2-3-5-13(17)18/h6-8H,2-5H2,1H3,(H,15,16)(H,17,18). The maximum absolute atomic E-state index is 13.1. The van der Waals surface area contributed by atoms with Gasteiger partial charge >= 0.3 is 5.97 Å². The Kier molecular flexibility index (Phi) is 5.78. The molecule has 0 radical (unpaired) electrons. The average Bonchev–Trinajstić information content (AvgIpc) is 2.37. The largest absolute Gasteiger partial charge is 0.494 e. The Hall–Kier alpha value is -2.11. The first-order valence-electron chi connectivity index (χ1n) is 5.88. The molecule has 1 amide bonds. The maximum Gasteiger partial charge on any atom is 0.303 e. The van der Waals surface area contributed by atoms with Crippen molar-refractivity contribution >= 4 is 17.6 Å². The highest BCUT2D eigenvalue weighted by Crippen LogP contribution is 2.21. The van der Waals surface area contributed by atoms with Gasteiger partial charge in [-0.3, -0.25) is 9.59 Å². The summed E-state index contributed by atoms with van der Waals surface area (Å²) in [6.45, 7) is 0. The van der Waals surface area contributed by atoms with Crippen molar-refractivity contribution in [2.24, 2.45) is 0 Å². The third-order valence-electron chi connectivity index (χ3n) is 2.48. The highest BCUT2D eigenvalue weighted by Gasteiger charge is 2.07. The minimum Gasteiger partial charge on any atom is -0.494 e. The Morgan fingerprint density at radius 3 is 2.63 bits per heavy atom. The number of unbranched alkanes of at least 4 members (excludes halogenated alkanes) is 1. The third kappa shape index (κ3) is 5.37. The van der Waals surface area contributed by atoms with Gasteiger partial charge in [-0.15, -0.1) is 0 Å². The summed E-state index contributed by atoms with van der Waals surface area (Å²) in [7, 11) is 1.34. The Balaban J connectivity index is 2.42. The Morgan fingerprint density at radius 1 is 1.32 bits per heavy atom. The van der Waals surface area contributed by atoms with Gasteiger partial charge in [0.2, 0.25) is 5.91 Å². The molecule has 1 rings (SSSR count). The van der Waals surface area contributed by atoms with Gasteiger partial charge in [-0.25, -0.2) is 4.39 Å². The Morgan fingerprint density at radius 2 is 2.00 bits per heavy atom. The number of nitrogens with one attached hydrogen (secondary N) is 1. The van der Waals surface area contributed by atoms with E-state index in [0.717, 1.165) is 0 Å². The SMILES string of the molecule is COc1cc(NC(=O)CCCCC(=O)O)ccc1F. The molecule has 0 heterocycles. The summed E-state index contributed by atoms with van der Waals surface area (Å²) in [4.78, 5) is 21.8. The lowest BCUT2D eigenvalue weighted by Gasteiger charge is -2.07. The summed E-state index contributed by atoms with van der Waals surface area (Å²) in [6, 6.07) is 4.04. The molecule has 0 saturated heterocycles. The summed E-state index contributed by atoms with van der Waals surface area (Å²) in [6.07, 6.45) is 1.23. The van der Waals surface area contributed by atoms with E-state index in [2.05, 4.69) is 5.32 Å². The van der Waals surface area contributed by atoms with Gasteiger partial charge < -0.3 is 15.2 Å². The van der Waals surface area contributed by atoms with Crippen molar-refractivity contribution in [1.29, 1.82) is 0 Å². The molecule has 0 aliphatic carbocycles. The number of hydrogen-bond acceptors (Lipinski definition) is 3. The van der Waals surface area contributed by atoms with E-state index in [1.165, 1.54) is 25.3 Å². The molecule has 1 aromatic carbocycles. The fourth-order valence-corrected chi connectivity index (χ4v) is 1.52.